The third-order valence-corrected chi connectivity index (χ3v) is 5.34. The number of hydrogen-bond acceptors (Lipinski definition) is 4. The van der Waals surface area contributed by atoms with Crippen LogP contribution in [0.15, 0.2) is 78.9 Å². The molecule has 0 bridgehead atoms. The van der Waals surface area contributed by atoms with E-state index < -0.39 is 5.97 Å². The highest BCUT2D eigenvalue weighted by Gasteiger charge is 2.20. The van der Waals surface area contributed by atoms with E-state index in [1.165, 1.54) is 7.11 Å². The van der Waals surface area contributed by atoms with Crippen molar-refractivity contribution in [3.05, 3.63) is 95.6 Å². The van der Waals surface area contributed by atoms with Crippen molar-refractivity contribution in [2.45, 2.75) is 0 Å². The molecule has 0 aliphatic heterocycles. The van der Waals surface area contributed by atoms with Gasteiger partial charge in [0.25, 0.3) is 5.91 Å². The number of hydrogen-bond donors (Lipinski definition) is 4. The summed E-state index contributed by atoms with van der Waals surface area (Å²) in [5, 5.41) is 21.7. The van der Waals surface area contributed by atoms with Crippen LogP contribution in [0, 0.1) is 5.41 Å². The summed E-state index contributed by atoms with van der Waals surface area (Å²) in [7, 11) is 1.53. The Labute approximate surface area is 189 Å². The van der Waals surface area contributed by atoms with Gasteiger partial charge in [-0.05, 0) is 65.0 Å². The van der Waals surface area contributed by atoms with Crippen LogP contribution >= 0.6 is 0 Å². The van der Waals surface area contributed by atoms with Gasteiger partial charge in [-0.1, -0.05) is 30.3 Å². The van der Waals surface area contributed by atoms with Gasteiger partial charge in [0, 0.05) is 22.2 Å². The van der Waals surface area contributed by atoms with Gasteiger partial charge < -0.3 is 20.9 Å². The Morgan fingerprint density at radius 1 is 0.909 bits per heavy atom. The lowest BCUT2D eigenvalue weighted by Gasteiger charge is -2.15. The second kappa shape index (κ2) is 8.84. The molecule has 0 aliphatic rings. The van der Waals surface area contributed by atoms with Gasteiger partial charge in [0.1, 0.15) is 11.6 Å². The molecule has 0 radical (unpaired) electrons. The zero-order valence-electron chi connectivity index (χ0n) is 17.8. The quantitative estimate of drug-likeness (QED) is 0.255. The first kappa shape index (κ1) is 21.6. The van der Waals surface area contributed by atoms with Crippen LogP contribution < -0.4 is 15.8 Å². The van der Waals surface area contributed by atoms with Crippen molar-refractivity contribution < 1.29 is 19.4 Å². The Morgan fingerprint density at radius 3 is 2.30 bits per heavy atom. The van der Waals surface area contributed by atoms with E-state index in [-0.39, 0.29) is 17.3 Å². The first-order valence-corrected chi connectivity index (χ1v) is 10.1. The summed E-state index contributed by atoms with van der Waals surface area (Å²) < 4.78 is 5.38. The highest BCUT2D eigenvalue weighted by molar-refractivity contribution is 6.12. The van der Waals surface area contributed by atoms with Crippen LogP contribution in [0.25, 0.3) is 21.9 Å². The third-order valence-electron chi connectivity index (χ3n) is 5.34. The second-order valence-electron chi connectivity index (χ2n) is 7.38. The van der Waals surface area contributed by atoms with E-state index in [0.717, 1.165) is 5.39 Å². The van der Waals surface area contributed by atoms with E-state index >= 15 is 0 Å². The van der Waals surface area contributed by atoms with Gasteiger partial charge >= 0.3 is 5.97 Å². The number of carboxylic acids is 1. The fourth-order valence-corrected chi connectivity index (χ4v) is 3.72. The number of carbonyl (C=O) groups excluding carboxylic acids is 1. The monoisotopic (exact) mass is 439 g/mol. The number of amides is 1. The van der Waals surface area contributed by atoms with Crippen LogP contribution in [0.4, 0.5) is 5.69 Å². The number of fused-ring (bicyclic) bond motifs is 1. The Balaban J connectivity index is 1.79. The van der Waals surface area contributed by atoms with Crippen molar-refractivity contribution in [1.29, 1.82) is 5.41 Å². The SMILES string of the molecule is COc1cccc2cc(-c3ccccc3C(=O)Nc3ccc(C(=N)N)cc3)c(C(=O)O)cc12. The van der Waals surface area contributed by atoms with Gasteiger partial charge in [0.2, 0.25) is 0 Å². The lowest BCUT2D eigenvalue weighted by atomic mass is 9.92. The molecule has 0 aromatic heterocycles. The minimum atomic E-state index is -1.10. The maximum Gasteiger partial charge on any atom is 0.336 e. The summed E-state index contributed by atoms with van der Waals surface area (Å²) in [5.41, 5.74) is 7.88. The predicted molar refractivity (Wildman–Crippen MR) is 128 cm³/mol. The molecular weight excluding hydrogens is 418 g/mol. The number of nitrogens with one attached hydrogen (secondary N) is 2. The minimum Gasteiger partial charge on any atom is -0.496 e. The highest BCUT2D eigenvalue weighted by atomic mass is 16.5. The molecule has 0 saturated carbocycles. The molecule has 4 aromatic rings. The summed E-state index contributed by atoms with van der Waals surface area (Å²) in [6.45, 7) is 0. The van der Waals surface area contributed by atoms with E-state index in [0.29, 0.717) is 39.1 Å². The molecule has 4 aromatic carbocycles. The highest BCUT2D eigenvalue weighted by Crippen LogP contribution is 2.35. The Morgan fingerprint density at radius 2 is 1.64 bits per heavy atom. The number of ether oxygens (including phenoxy) is 1. The third kappa shape index (κ3) is 4.24. The number of amidine groups is 1. The fourth-order valence-electron chi connectivity index (χ4n) is 3.72. The lowest BCUT2D eigenvalue weighted by Crippen LogP contribution is -2.14. The molecular formula is C26H21N3O4. The lowest BCUT2D eigenvalue weighted by molar-refractivity contribution is 0.0697. The average molecular weight is 439 g/mol. The van der Waals surface area contributed by atoms with Crippen molar-refractivity contribution in [3.8, 4) is 16.9 Å². The van der Waals surface area contributed by atoms with Crippen molar-refractivity contribution in [2.24, 2.45) is 5.73 Å². The van der Waals surface area contributed by atoms with E-state index in [1.54, 1.807) is 66.7 Å². The number of nitrogen functional groups attached to an aromatic ring is 1. The number of nitrogens with two attached hydrogens (primary N) is 1. The molecule has 0 aliphatic carbocycles. The van der Waals surface area contributed by atoms with Crippen LogP contribution in [0.5, 0.6) is 5.75 Å². The molecule has 0 spiro atoms. The van der Waals surface area contributed by atoms with Crippen molar-refractivity contribution in [1.82, 2.24) is 0 Å². The molecule has 0 saturated heterocycles. The molecule has 1 amide bonds. The van der Waals surface area contributed by atoms with Crippen molar-refractivity contribution in [2.75, 3.05) is 12.4 Å². The Bertz CT molecular complexity index is 1390. The van der Waals surface area contributed by atoms with Crippen LogP contribution in [0.2, 0.25) is 0 Å². The molecule has 164 valence electrons. The molecule has 7 heteroatoms. The topological polar surface area (TPSA) is 126 Å². The number of aromatic carboxylic acids is 1. The Hall–Kier alpha value is -4.65. The molecule has 0 atom stereocenters. The smallest absolute Gasteiger partial charge is 0.336 e. The Kier molecular flexibility index (Phi) is 5.78. The zero-order valence-corrected chi connectivity index (χ0v) is 17.8. The van der Waals surface area contributed by atoms with Gasteiger partial charge in [-0.3, -0.25) is 10.2 Å². The number of methoxy groups -OCH3 is 1. The van der Waals surface area contributed by atoms with Crippen molar-refractivity contribution in [3.63, 3.8) is 0 Å². The predicted octanol–water partition coefficient (Wildman–Crippen LogP) is 4.75. The fraction of sp³-hybridized carbons (Fsp3) is 0.0385. The molecule has 5 N–H and O–H groups in total. The molecule has 0 heterocycles. The number of benzene rings is 4. The average Bonchev–Trinajstić information content (AvgIpc) is 2.83. The van der Waals surface area contributed by atoms with Crippen molar-refractivity contribution >= 4 is 34.2 Å². The maximum atomic E-state index is 13.1. The molecule has 4 rings (SSSR count). The zero-order chi connectivity index (χ0) is 23.5. The first-order chi connectivity index (χ1) is 15.9. The van der Waals surface area contributed by atoms with Crippen LogP contribution in [0.3, 0.4) is 0 Å². The second-order valence-corrected chi connectivity index (χ2v) is 7.38. The van der Waals surface area contributed by atoms with Crippen LogP contribution in [0.1, 0.15) is 26.3 Å². The standard InChI is InChI=1S/C26H21N3O4/c1-33-23-8-4-5-16-13-21(22(26(31)32)14-20(16)23)18-6-2-3-7-19(18)25(30)29-17-11-9-15(10-12-17)24(27)28/h2-14H,1H3,(H3,27,28)(H,29,30)(H,31,32). The summed E-state index contributed by atoms with van der Waals surface area (Å²) in [6.07, 6.45) is 0. The van der Waals surface area contributed by atoms with Crippen LogP contribution in [-0.4, -0.2) is 29.9 Å². The van der Waals surface area contributed by atoms with E-state index in [1.807, 2.05) is 12.1 Å². The number of carbonyl (C=O) groups is 2. The van der Waals surface area contributed by atoms with Gasteiger partial charge in [-0.15, -0.1) is 0 Å². The molecule has 7 nitrogen and oxygen atoms in total. The number of rotatable bonds is 6. The number of anilines is 1. The summed E-state index contributed by atoms with van der Waals surface area (Å²) in [5.74, 6) is -0.981. The van der Waals surface area contributed by atoms with E-state index in [9.17, 15) is 14.7 Å². The summed E-state index contributed by atoms with van der Waals surface area (Å²) >= 11 is 0. The van der Waals surface area contributed by atoms with Crippen LogP contribution in [-0.2, 0) is 0 Å². The van der Waals surface area contributed by atoms with Gasteiger partial charge in [-0.25, -0.2) is 4.79 Å². The molecule has 33 heavy (non-hydrogen) atoms. The van der Waals surface area contributed by atoms with Gasteiger partial charge in [-0.2, -0.15) is 0 Å². The normalized spacial score (nSPS) is 10.6. The minimum absolute atomic E-state index is 0.0626. The van der Waals surface area contributed by atoms with Gasteiger partial charge in [0.15, 0.2) is 0 Å². The summed E-state index contributed by atoms with van der Waals surface area (Å²) in [6, 6.07) is 22.2. The molecule has 0 unspecified atom stereocenters. The molecule has 0 fully saturated rings. The maximum absolute atomic E-state index is 13.1. The number of carboxylic acid groups (broad SMARTS) is 1. The summed E-state index contributed by atoms with van der Waals surface area (Å²) in [4.78, 5) is 25.3. The van der Waals surface area contributed by atoms with E-state index in [4.69, 9.17) is 15.9 Å². The van der Waals surface area contributed by atoms with E-state index in [2.05, 4.69) is 5.32 Å². The largest absolute Gasteiger partial charge is 0.496 e. The first-order valence-electron chi connectivity index (χ1n) is 10.1. The van der Waals surface area contributed by atoms with Gasteiger partial charge in [0.05, 0.1) is 12.7 Å².